The smallest absolute Gasteiger partial charge is 0.255 e. The van der Waals surface area contributed by atoms with E-state index in [9.17, 15) is 9.59 Å². The van der Waals surface area contributed by atoms with Crippen LogP contribution in [0.2, 0.25) is 0 Å². The Balaban J connectivity index is 1.65. The fourth-order valence-electron chi connectivity index (χ4n) is 2.83. The molecule has 0 atom stereocenters. The molecule has 1 fully saturated rings. The molecular formula is C18H21BrN4O3. The van der Waals surface area contributed by atoms with Crippen molar-refractivity contribution in [3.8, 4) is 0 Å². The van der Waals surface area contributed by atoms with Crippen molar-refractivity contribution in [1.29, 1.82) is 0 Å². The highest BCUT2D eigenvalue weighted by molar-refractivity contribution is 9.10. The summed E-state index contributed by atoms with van der Waals surface area (Å²) in [4.78, 5) is 34.0. The summed E-state index contributed by atoms with van der Waals surface area (Å²) in [6.07, 6.45) is 0.553. The Bertz CT molecular complexity index is 847. The first-order valence-electron chi connectivity index (χ1n) is 8.51. The van der Waals surface area contributed by atoms with Gasteiger partial charge in [-0.2, -0.15) is 0 Å². The number of para-hydroxylation sites is 1. The predicted molar refractivity (Wildman–Crippen MR) is 104 cm³/mol. The average molecular weight is 421 g/mol. The topological polar surface area (TPSA) is 87.3 Å². The van der Waals surface area contributed by atoms with Crippen LogP contribution in [-0.4, -0.2) is 42.2 Å². The molecule has 2 heterocycles. The van der Waals surface area contributed by atoms with Gasteiger partial charge in [-0.25, -0.2) is 4.98 Å². The summed E-state index contributed by atoms with van der Waals surface area (Å²) in [7, 11) is 0. The van der Waals surface area contributed by atoms with Crippen LogP contribution in [-0.2, 0) is 16.0 Å². The second kappa shape index (κ2) is 8.46. The molecule has 26 heavy (non-hydrogen) atoms. The van der Waals surface area contributed by atoms with Crippen LogP contribution in [0.5, 0.6) is 0 Å². The fourth-order valence-corrected chi connectivity index (χ4v) is 3.21. The highest BCUT2D eigenvalue weighted by Gasteiger charge is 2.17. The molecule has 0 bridgehead atoms. The summed E-state index contributed by atoms with van der Waals surface area (Å²) in [5, 5.41) is 2.84. The van der Waals surface area contributed by atoms with Gasteiger partial charge in [-0.15, -0.1) is 0 Å². The Kier molecular flexibility index (Phi) is 6.05. The zero-order valence-electron chi connectivity index (χ0n) is 14.5. The summed E-state index contributed by atoms with van der Waals surface area (Å²) in [5.74, 6) is 0.421. The number of H-pyrrole nitrogens is 1. The van der Waals surface area contributed by atoms with Crippen LogP contribution >= 0.6 is 15.9 Å². The van der Waals surface area contributed by atoms with Crippen molar-refractivity contribution in [1.82, 2.24) is 9.97 Å². The highest BCUT2D eigenvalue weighted by Crippen LogP contribution is 2.21. The minimum Gasteiger partial charge on any atom is -0.378 e. The summed E-state index contributed by atoms with van der Waals surface area (Å²) in [5.41, 5.74) is 1.73. The van der Waals surface area contributed by atoms with Crippen LogP contribution in [0.25, 0.3) is 0 Å². The molecule has 1 aromatic heterocycles. The van der Waals surface area contributed by atoms with Crippen LogP contribution in [0.1, 0.15) is 17.7 Å². The van der Waals surface area contributed by atoms with Gasteiger partial charge in [0.15, 0.2) is 0 Å². The highest BCUT2D eigenvalue weighted by atomic mass is 79.9. The number of aryl methyl sites for hydroxylation is 1. The van der Waals surface area contributed by atoms with Crippen molar-refractivity contribution in [2.45, 2.75) is 19.8 Å². The van der Waals surface area contributed by atoms with E-state index < -0.39 is 0 Å². The summed E-state index contributed by atoms with van der Waals surface area (Å²) >= 11 is 3.40. The van der Waals surface area contributed by atoms with E-state index in [1.165, 1.54) is 0 Å². The first-order valence-corrected chi connectivity index (χ1v) is 9.31. The number of nitrogens with zero attached hydrogens (tertiary/aromatic N) is 2. The average Bonchev–Trinajstić information content (AvgIpc) is 2.63. The lowest BCUT2D eigenvalue weighted by Crippen LogP contribution is -2.38. The van der Waals surface area contributed by atoms with Gasteiger partial charge in [0.2, 0.25) is 11.9 Å². The normalized spacial score (nSPS) is 14.3. The van der Waals surface area contributed by atoms with Crippen LogP contribution < -0.4 is 15.8 Å². The zero-order valence-corrected chi connectivity index (χ0v) is 16.1. The maximum atomic E-state index is 12.4. The molecule has 0 spiro atoms. The Morgan fingerprint density at radius 2 is 2.08 bits per heavy atom. The zero-order chi connectivity index (χ0) is 18.5. The van der Waals surface area contributed by atoms with E-state index in [0.29, 0.717) is 55.6 Å². The maximum absolute atomic E-state index is 12.4. The minimum absolute atomic E-state index is 0.145. The van der Waals surface area contributed by atoms with Gasteiger partial charge in [0.1, 0.15) is 0 Å². The van der Waals surface area contributed by atoms with Crippen molar-refractivity contribution in [3.05, 3.63) is 50.3 Å². The molecular weight excluding hydrogens is 400 g/mol. The van der Waals surface area contributed by atoms with E-state index in [0.717, 1.165) is 4.47 Å². The first-order chi connectivity index (χ1) is 12.5. The monoisotopic (exact) mass is 420 g/mol. The van der Waals surface area contributed by atoms with Gasteiger partial charge in [0, 0.05) is 35.2 Å². The summed E-state index contributed by atoms with van der Waals surface area (Å²) in [6.45, 7) is 4.46. The van der Waals surface area contributed by atoms with Crippen LogP contribution in [0, 0.1) is 6.92 Å². The van der Waals surface area contributed by atoms with Crippen molar-refractivity contribution < 1.29 is 9.53 Å². The number of hydrogen-bond acceptors (Lipinski definition) is 5. The molecule has 1 aliphatic rings. The second-order valence-electron chi connectivity index (χ2n) is 6.08. The van der Waals surface area contributed by atoms with Crippen molar-refractivity contribution in [3.63, 3.8) is 0 Å². The van der Waals surface area contributed by atoms with E-state index in [2.05, 4.69) is 31.2 Å². The molecule has 1 aromatic carbocycles. The molecule has 0 aliphatic carbocycles. The molecule has 1 amide bonds. The third-order valence-corrected chi connectivity index (χ3v) is 4.96. The number of anilines is 2. The first kappa shape index (κ1) is 18.6. The molecule has 0 saturated carbocycles. The number of benzene rings is 1. The number of carbonyl (C=O) groups excluding carboxylic acids is 1. The number of rotatable bonds is 5. The summed E-state index contributed by atoms with van der Waals surface area (Å²) < 4.78 is 6.14. The number of hydrogen-bond donors (Lipinski definition) is 2. The Morgan fingerprint density at radius 1 is 1.35 bits per heavy atom. The van der Waals surface area contributed by atoms with Gasteiger partial charge >= 0.3 is 0 Å². The lowest BCUT2D eigenvalue weighted by molar-refractivity contribution is -0.116. The number of carbonyl (C=O) groups is 1. The van der Waals surface area contributed by atoms with Crippen molar-refractivity contribution >= 4 is 33.5 Å². The third-order valence-electron chi connectivity index (χ3n) is 4.27. The quantitative estimate of drug-likeness (QED) is 0.774. The molecule has 8 heteroatoms. The number of amides is 1. The number of ether oxygens (including phenoxy) is 1. The van der Waals surface area contributed by atoms with Gasteiger partial charge in [-0.05, 0) is 41.4 Å². The van der Waals surface area contributed by atoms with E-state index in [4.69, 9.17) is 4.74 Å². The van der Waals surface area contributed by atoms with Crippen LogP contribution in [0.15, 0.2) is 33.5 Å². The Labute approximate surface area is 159 Å². The van der Waals surface area contributed by atoms with Gasteiger partial charge in [0.25, 0.3) is 5.56 Å². The van der Waals surface area contributed by atoms with Gasteiger partial charge in [0.05, 0.1) is 18.9 Å². The Hall–Kier alpha value is -2.19. The molecule has 0 radical (unpaired) electrons. The van der Waals surface area contributed by atoms with E-state index in [1.807, 2.05) is 29.2 Å². The number of aromatic nitrogens is 2. The van der Waals surface area contributed by atoms with Gasteiger partial charge in [-0.1, -0.05) is 12.1 Å². The SMILES string of the molecule is Cc1nc(N2CCOCC2)[nH]c(=O)c1CCC(=O)Nc1ccccc1Br. The number of nitrogens with one attached hydrogen (secondary N) is 2. The minimum atomic E-state index is -0.187. The lowest BCUT2D eigenvalue weighted by Gasteiger charge is -2.27. The molecule has 3 rings (SSSR count). The third kappa shape index (κ3) is 4.50. The molecule has 1 aliphatic heterocycles. The van der Waals surface area contributed by atoms with E-state index in [1.54, 1.807) is 6.92 Å². The van der Waals surface area contributed by atoms with Gasteiger partial charge < -0.3 is 15.0 Å². The molecule has 138 valence electrons. The maximum Gasteiger partial charge on any atom is 0.255 e. The standard InChI is InChI=1S/C18H21BrN4O3/c1-12-13(6-7-16(24)21-15-5-3-2-4-14(15)19)17(25)22-18(20-12)23-8-10-26-11-9-23/h2-5H,6-11H2,1H3,(H,21,24)(H,20,22,25). The number of halogens is 1. The lowest BCUT2D eigenvalue weighted by atomic mass is 10.1. The van der Waals surface area contributed by atoms with Crippen LogP contribution in [0.4, 0.5) is 11.6 Å². The molecule has 0 unspecified atom stereocenters. The molecule has 7 nitrogen and oxygen atoms in total. The van der Waals surface area contributed by atoms with Crippen molar-refractivity contribution in [2.24, 2.45) is 0 Å². The molecule has 1 saturated heterocycles. The molecule has 2 N–H and O–H groups in total. The predicted octanol–water partition coefficient (Wildman–Crippen LogP) is 2.25. The Morgan fingerprint density at radius 3 is 2.77 bits per heavy atom. The van der Waals surface area contributed by atoms with Crippen LogP contribution in [0.3, 0.4) is 0 Å². The number of aromatic amines is 1. The number of morpholine rings is 1. The van der Waals surface area contributed by atoms with E-state index >= 15 is 0 Å². The van der Waals surface area contributed by atoms with Crippen molar-refractivity contribution in [2.75, 3.05) is 36.5 Å². The largest absolute Gasteiger partial charge is 0.378 e. The summed E-state index contributed by atoms with van der Waals surface area (Å²) in [6, 6.07) is 7.41. The molecule has 2 aromatic rings. The van der Waals surface area contributed by atoms with E-state index in [-0.39, 0.29) is 17.9 Å². The van der Waals surface area contributed by atoms with Gasteiger partial charge in [-0.3, -0.25) is 14.6 Å². The second-order valence-corrected chi connectivity index (χ2v) is 6.94. The fraction of sp³-hybridized carbons (Fsp3) is 0.389.